The number of H-pyrrole nitrogens is 1. The smallest absolute Gasteiger partial charge is 0.184 e. The van der Waals surface area contributed by atoms with Crippen LogP contribution in [0.3, 0.4) is 0 Å². The molecule has 5 rings (SSSR count). The molecule has 5 aromatic rings. The molecule has 1 N–H and O–H groups in total. The Morgan fingerprint density at radius 3 is 2.55 bits per heavy atom. The highest BCUT2D eigenvalue weighted by atomic mass is 16.5. The first-order chi connectivity index (χ1) is 14.3. The number of hydrogen-bond donors (Lipinski definition) is 1. The predicted octanol–water partition coefficient (Wildman–Crippen LogP) is 3.46. The Kier molecular flexibility index (Phi) is 4.21. The van der Waals surface area contributed by atoms with Crippen LogP contribution >= 0.6 is 0 Å². The van der Waals surface area contributed by atoms with Crippen LogP contribution in [0, 0.1) is 6.92 Å². The number of aromatic nitrogens is 7. The molecule has 0 spiro atoms. The molecule has 8 nitrogen and oxygen atoms in total. The third-order valence-electron chi connectivity index (χ3n) is 4.78. The summed E-state index contributed by atoms with van der Waals surface area (Å²) in [4.78, 5) is 4.59. The van der Waals surface area contributed by atoms with Crippen LogP contribution in [0.4, 0.5) is 0 Å². The number of nitrogens with one attached hydrogen (secondary N) is 1. The van der Waals surface area contributed by atoms with E-state index in [9.17, 15) is 0 Å². The van der Waals surface area contributed by atoms with Crippen LogP contribution in [-0.4, -0.2) is 35.2 Å². The van der Waals surface area contributed by atoms with E-state index in [1.165, 1.54) is 0 Å². The van der Waals surface area contributed by atoms with Crippen molar-refractivity contribution >= 4 is 5.65 Å². The van der Waals surface area contributed by atoms with E-state index in [1.807, 2.05) is 67.7 Å². The van der Waals surface area contributed by atoms with Crippen LogP contribution in [0.1, 0.15) is 11.3 Å². The van der Waals surface area contributed by atoms with Crippen LogP contribution in [0.25, 0.3) is 28.2 Å². The molecule has 0 saturated carbocycles. The van der Waals surface area contributed by atoms with Crippen LogP contribution in [0.5, 0.6) is 5.75 Å². The van der Waals surface area contributed by atoms with Crippen molar-refractivity contribution in [3.8, 4) is 28.3 Å². The van der Waals surface area contributed by atoms with Gasteiger partial charge in [-0.05, 0) is 40.6 Å². The van der Waals surface area contributed by atoms with E-state index in [1.54, 1.807) is 10.7 Å². The molecule has 0 fully saturated rings. The summed E-state index contributed by atoms with van der Waals surface area (Å²) in [6.45, 7) is 2.55. The maximum absolute atomic E-state index is 5.87. The summed E-state index contributed by atoms with van der Waals surface area (Å²) in [7, 11) is 0. The molecule has 8 heteroatoms. The van der Waals surface area contributed by atoms with Gasteiger partial charge in [-0.2, -0.15) is 5.10 Å². The molecule has 0 aliphatic carbocycles. The molecule has 0 radical (unpaired) electrons. The Labute approximate surface area is 166 Å². The van der Waals surface area contributed by atoms with Gasteiger partial charge >= 0.3 is 0 Å². The molecule has 0 saturated heterocycles. The third-order valence-corrected chi connectivity index (χ3v) is 4.78. The van der Waals surface area contributed by atoms with Crippen molar-refractivity contribution < 1.29 is 4.74 Å². The quantitative estimate of drug-likeness (QED) is 0.499. The number of aryl methyl sites for hydroxylation is 1. The largest absolute Gasteiger partial charge is 0.489 e. The fourth-order valence-corrected chi connectivity index (χ4v) is 3.24. The van der Waals surface area contributed by atoms with Crippen molar-refractivity contribution in [1.82, 2.24) is 35.2 Å². The molecule has 3 heterocycles. The Morgan fingerprint density at radius 2 is 1.79 bits per heavy atom. The monoisotopic (exact) mass is 383 g/mol. The number of tetrazole rings is 1. The van der Waals surface area contributed by atoms with Gasteiger partial charge in [0.05, 0.1) is 17.5 Å². The van der Waals surface area contributed by atoms with E-state index in [0.717, 1.165) is 33.7 Å². The standard InChI is InChI=1S/C21H17N7O/c1-14-18(11-22-21-19(12-23-28(14)21)20-24-26-27-25-20)16-7-9-17(10-8-16)29-13-15-5-3-2-4-6-15/h2-12H,13H2,1H3,(H,24,25,26,27). The Hall–Kier alpha value is -4.07. The van der Waals surface area contributed by atoms with Gasteiger partial charge < -0.3 is 4.74 Å². The molecule has 0 aliphatic heterocycles. The molecule has 142 valence electrons. The second kappa shape index (κ2) is 7.16. The first-order valence-corrected chi connectivity index (χ1v) is 9.14. The highest BCUT2D eigenvalue weighted by Gasteiger charge is 2.15. The molecular weight excluding hydrogens is 366 g/mol. The van der Waals surface area contributed by atoms with Gasteiger partial charge in [-0.3, -0.25) is 0 Å². The lowest BCUT2D eigenvalue weighted by molar-refractivity contribution is 0.306. The van der Waals surface area contributed by atoms with E-state index in [4.69, 9.17) is 4.74 Å². The average molecular weight is 383 g/mol. The summed E-state index contributed by atoms with van der Waals surface area (Å²) in [5.41, 5.74) is 5.62. The van der Waals surface area contributed by atoms with Gasteiger partial charge in [0.2, 0.25) is 0 Å². The molecule has 3 aromatic heterocycles. The number of benzene rings is 2. The van der Waals surface area contributed by atoms with Crippen LogP contribution < -0.4 is 4.74 Å². The zero-order chi connectivity index (χ0) is 19.6. The number of aromatic amines is 1. The highest BCUT2D eigenvalue weighted by Crippen LogP contribution is 2.28. The highest BCUT2D eigenvalue weighted by molar-refractivity contribution is 5.74. The zero-order valence-corrected chi connectivity index (χ0v) is 15.6. The fourth-order valence-electron chi connectivity index (χ4n) is 3.24. The Balaban J connectivity index is 1.41. The van der Waals surface area contributed by atoms with E-state index < -0.39 is 0 Å². The van der Waals surface area contributed by atoms with Crippen molar-refractivity contribution in [2.24, 2.45) is 0 Å². The van der Waals surface area contributed by atoms with E-state index >= 15 is 0 Å². The van der Waals surface area contributed by atoms with Gasteiger partial charge in [0.25, 0.3) is 0 Å². The predicted molar refractivity (Wildman–Crippen MR) is 107 cm³/mol. The SMILES string of the molecule is Cc1c(-c2ccc(OCc3ccccc3)cc2)cnc2c(-c3nnn[nH]3)cnn12. The molecular formula is C21H17N7O. The summed E-state index contributed by atoms with van der Waals surface area (Å²) >= 11 is 0. The number of nitrogens with zero attached hydrogens (tertiary/aromatic N) is 6. The lowest BCUT2D eigenvalue weighted by atomic mass is 10.1. The van der Waals surface area contributed by atoms with Crippen molar-refractivity contribution in [3.05, 3.63) is 78.2 Å². The second-order valence-corrected chi connectivity index (χ2v) is 6.60. The first-order valence-electron chi connectivity index (χ1n) is 9.14. The minimum atomic E-state index is 0.541. The van der Waals surface area contributed by atoms with Gasteiger partial charge in [0.1, 0.15) is 12.4 Å². The summed E-state index contributed by atoms with van der Waals surface area (Å²) in [5, 5.41) is 18.4. The second-order valence-electron chi connectivity index (χ2n) is 6.60. The normalized spacial score (nSPS) is 11.1. The Morgan fingerprint density at radius 1 is 0.966 bits per heavy atom. The fraction of sp³-hybridized carbons (Fsp3) is 0.0952. The van der Waals surface area contributed by atoms with Crippen LogP contribution in [0.2, 0.25) is 0 Å². The minimum Gasteiger partial charge on any atom is -0.489 e. The van der Waals surface area contributed by atoms with Gasteiger partial charge in [0, 0.05) is 11.8 Å². The molecule has 2 aromatic carbocycles. The van der Waals surface area contributed by atoms with Crippen LogP contribution in [-0.2, 0) is 6.61 Å². The maximum Gasteiger partial charge on any atom is 0.184 e. The summed E-state index contributed by atoms with van der Waals surface area (Å²) in [5.74, 6) is 1.36. The summed E-state index contributed by atoms with van der Waals surface area (Å²) in [6, 6.07) is 18.1. The van der Waals surface area contributed by atoms with Gasteiger partial charge in [0.15, 0.2) is 11.5 Å². The molecule has 0 bridgehead atoms. The molecule has 0 atom stereocenters. The lowest BCUT2D eigenvalue weighted by Crippen LogP contribution is -1.99. The summed E-state index contributed by atoms with van der Waals surface area (Å²) in [6.07, 6.45) is 3.56. The molecule has 0 unspecified atom stereocenters. The van der Waals surface area contributed by atoms with E-state index in [2.05, 4.69) is 30.7 Å². The topological polar surface area (TPSA) is 93.9 Å². The maximum atomic E-state index is 5.87. The van der Waals surface area contributed by atoms with Crippen molar-refractivity contribution in [1.29, 1.82) is 0 Å². The minimum absolute atomic E-state index is 0.541. The van der Waals surface area contributed by atoms with Gasteiger partial charge in [-0.15, -0.1) is 5.10 Å². The lowest BCUT2D eigenvalue weighted by Gasteiger charge is -2.10. The summed E-state index contributed by atoms with van der Waals surface area (Å²) < 4.78 is 7.67. The van der Waals surface area contributed by atoms with Gasteiger partial charge in [-0.25, -0.2) is 14.6 Å². The number of hydrogen-bond acceptors (Lipinski definition) is 6. The Bertz CT molecular complexity index is 1250. The molecule has 0 aliphatic rings. The van der Waals surface area contributed by atoms with Crippen molar-refractivity contribution in [2.45, 2.75) is 13.5 Å². The first kappa shape index (κ1) is 17.1. The van der Waals surface area contributed by atoms with E-state index in [-0.39, 0.29) is 0 Å². The number of rotatable bonds is 5. The number of fused-ring (bicyclic) bond motifs is 1. The average Bonchev–Trinajstić information content (AvgIpc) is 3.44. The van der Waals surface area contributed by atoms with Crippen LogP contribution in [0.15, 0.2) is 67.0 Å². The third kappa shape index (κ3) is 3.20. The zero-order valence-electron chi connectivity index (χ0n) is 15.6. The van der Waals surface area contributed by atoms with Gasteiger partial charge in [-0.1, -0.05) is 42.5 Å². The molecule has 0 amide bonds. The van der Waals surface area contributed by atoms with Crippen molar-refractivity contribution in [3.63, 3.8) is 0 Å². The van der Waals surface area contributed by atoms with Crippen molar-refractivity contribution in [2.75, 3.05) is 0 Å². The van der Waals surface area contributed by atoms with E-state index in [0.29, 0.717) is 18.1 Å². The number of ether oxygens (including phenoxy) is 1. The molecule has 29 heavy (non-hydrogen) atoms.